The average molecular weight is 216 g/mol. The fourth-order valence-electron chi connectivity index (χ4n) is 2.28. The van der Waals surface area contributed by atoms with Gasteiger partial charge in [-0.15, -0.1) is 0 Å². The van der Waals surface area contributed by atoms with Crippen molar-refractivity contribution in [2.24, 2.45) is 0 Å². The molecule has 0 radical (unpaired) electrons. The van der Waals surface area contributed by atoms with Gasteiger partial charge in [0.05, 0.1) is 0 Å². The highest BCUT2D eigenvalue weighted by molar-refractivity contribution is 5.89. The number of aromatic amines is 1. The van der Waals surface area contributed by atoms with Crippen LogP contribution in [0.15, 0.2) is 24.5 Å². The van der Waals surface area contributed by atoms with Crippen molar-refractivity contribution in [1.29, 1.82) is 0 Å². The van der Waals surface area contributed by atoms with Gasteiger partial charge in [0.25, 0.3) is 0 Å². The molecular formula is C12H16N4. The third-order valence-electron chi connectivity index (χ3n) is 3.12. The van der Waals surface area contributed by atoms with E-state index >= 15 is 0 Å². The van der Waals surface area contributed by atoms with Crippen molar-refractivity contribution in [3.05, 3.63) is 24.5 Å². The number of hydrogen-bond donors (Lipinski definition) is 3. The summed E-state index contributed by atoms with van der Waals surface area (Å²) >= 11 is 0. The minimum atomic E-state index is 0.536. The second-order valence-corrected chi connectivity index (χ2v) is 4.29. The normalized spacial score (nSPS) is 21.1. The molecule has 0 saturated carbocycles. The van der Waals surface area contributed by atoms with E-state index in [4.69, 9.17) is 0 Å². The maximum Gasteiger partial charge on any atom is 0.139 e. The summed E-state index contributed by atoms with van der Waals surface area (Å²) in [6.45, 7) is 2.20. The van der Waals surface area contributed by atoms with Gasteiger partial charge in [-0.1, -0.05) is 0 Å². The summed E-state index contributed by atoms with van der Waals surface area (Å²) < 4.78 is 0. The Morgan fingerprint density at radius 1 is 1.38 bits per heavy atom. The molecule has 3 heterocycles. The molecule has 1 aliphatic rings. The van der Waals surface area contributed by atoms with Gasteiger partial charge in [0.15, 0.2) is 0 Å². The largest absolute Gasteiger partial charge is 0.380 e. The first kappa shape index (κ1) is 9.66. The van der Waals surface area contributed by atoms with E-state index in [1.165, 1.54) is 23.9 Å². The lowest BCUT2D eigenvalue weighted by Crippen LogP contribution is -2.38. The zero-order chi connectivity index (χ0) is 10.8. The van der Waals surface area contributed by atoms with Gasteiger partial charge in [-0.2, -0.15) is 0 Å². The molecule has 1 aliphatic heterocycles. The highest BCUT2D eigenvalue weighted by Crippen LogP contribution is 2.22. The zero-order valence-corrected chi connectivity index (χ0v) is 9.16. The zero-order valence-electron chi connectivity index (χ0n) is 9.16. The van der Waals surface area contributed by atoms with E-state index in [9.17, 15) is 0 Å². The number of fused-ring (bicyclic) bond motifs is 1. The molecule has 0 spiro atoms. The fraction of sp³-hybridized carbons (Fsp3) is 0.417. The molecule has 84 valence electrons. The lowest BCUT2D eigenvalue weighted by Gasteiger charge is -2.25. The molecule has 2 aromatic rings. The Morgan fingerprint density at radius 3 is 3.25 bits per heavy atom. The summed E-state index contributed by atoms with van der Waals surface area (Å²) in [7, 11) is 0. The number of hydrogen-bond acceptors (Lipinski definition) is 3. The topological polar surface area (TPSA) is 52.7 Å². The van der Waals surface area contributed by atoms with Crippen LogP contribution in [-0.2, 0) is 0 Å². The molecule has 1 saturated heterocycles. The van der Waals surface area contributed by atoms with Gasteiger partial charge in [-0.25, -0.2) is 4.98 Å². The summed E-state index contributed by atoms with van der Waals surface area (Å²) in [5.41, 5.74) is 2.13. The number of piperidine rings is 1. The molecule has 1 unspecified atom stereocenters. The third kappa shape index (κ3) is 1.76. The molecule has 16 heavy (non-hydrogen) atoms. The minimum absolute atomic E-state index is 0.536. The van der Waals surface area contributed by atoms with Crippen LogP contribution >= 0.6 is 0 Å². The van der Waals surface area contributed by atoms with E-state index in [0.29, 0.717) is 6.04 Å². The van der Waals surface area contributed by atoms with Crippen molar-refractivity contribution < 1.29 is 0 Å². The second-order valence-electron chi connectivity index (χ2n) is 4.29. The van der Waals surface area contributed by atoms with Crippen molar-refractivity contribution in [2.45, 2.75) is 18.9 Å². The first-order chi connectivity index (χ1) is 7.93. The van der Waals surface area contributed by atoms with Crippen molar-refractivity contribution in [1.82, 2.24) is 15.3 Å². The van der Waals surface area contributed by atoms with Crippen LogP contribution in [-0.4, -0.2) is 29.1 Å². The molecule has 4 nitrogen and oxygen atoms in total. The van der Waals surface area contributed by atoms with Gasteiger partial charge < -0.3 is 15.6 Å². The fourth-order valence-corrected chi connectivity index (χ4v) is 2.28. The molecule has 3 N–H and O–H groups in total. The van der Waals surface area contributed by atoms with Gasteiger partial charge in [0.2, 0.25) is 0 Å². The van der Waals surface area contributed by atoms with Gasteiger partial charge in [0, 0.05) is 36.1 Å². The highest BCUT2D eigenvalue weighted by Gasteiger charge is 2.13. The van der Waals surface area contributed by atoms with Crippen molar-refractivity contribution in [2.75, 3.05) is 18.4 Å². The van der Waals surface area contributed by atoms with Gasteiger partial charge in [-0.3, -0.25) is 0 Å². The Labute approximate surface area is 94.5 Å². The van der Waals surface area contributed by atoms with Crippen LogP contribution in [0.2, 0.25) is 0 Å². The number of aromatic nitrogens is 2. The van der Waals surface area contributed by atoms with Crippen LogP contribution in [0.5, 0.6) is 0 Å². The monoisotopic (exact) mass is 216 g/mol. The highest BCUT2D eigenvalue weighted by atomic mass is 15.0. The molecule has 4 heteroatoms. The molecule has 0 amide bonds. The molecule has 3 rings (SSSR count). The maximum absolute atomic E-state index is 4.28. The summed E-state index contributed by atoms with van der Waals surface area (Å²) in [6.07, 6.45) is 6.26. The summed E-state index contributed by atoms with van der Waals surface area (Å²) in [5, 5.41) is 8.17. The number of nitrogens with one attached hydrogen (secondary N) is 3. The Morgan fingerprint density at radius 2 is 2.38 bits per heavy atom. The van der Waals surface area contributed by atoms with E-state index in [2.05, 4.69) is 26.7 Å². The quantitative estimate of drug-likeness (QED) is 0.716. The average Bonchev–Trinajstić information content (AvgIpc) is 2.80. The standard InChI is InChI=1S/C12H16N4/c1-2-9(8-13-5-1)16-11-4-7-15-12-10(11)3-6-14-12/h3-4,6-7,9,13H,1-2,5,8H2,(H2,14,15,16). The van der Waals surface area contributed by atoms with Crippen LogP contribution in [0.3, 0.4) is 0 Å². The third-order valence-corrected chi connectivity index (χ3v) is 3.12. The minimum Gasteiger partial charge on any atom is -0.380 e. The van der Waals surface area contributed by atoms with Crippen molar-refractivity contribution in [3.8, 4) is 0 Å². The smallest absolute Gasteiger partial charge is 0.139 e. The predicted molar refractivity (Wildman–Crippen MR) is 65.6 cm³/mol. The molecule has 0 bridgehead atoms. The molecule has 2 aromatic heterocycles. The van der Waals surface area contributed by atoms with Crippen molar-refractivity contribution >= 4 is 16.7 Å². The van der Waals surface area contributed by atoms with Crippen LogP contribution in [0.1, 0.15) is 12.8 Å². The van der Waals surface area contributed by atoms with E-state index in [1.807, 2.05) is 18.5 Å². The summed E-state index contributed by atoms with van der Waals surface area (Å²) in [4.78, 5) is 7.41. The number of H-pyrrole nitrogens is 1. The molecule has 0 aliphatic carbocycles. The van der Waals surface area contributed by atoms with Crippen LogP contribution in [0.4, 0.5) is 5.69 Å². The van der Waals surface area contributed by atoms with E-state index < -0.39 is 0 Å². The van der Waals surface area contributed by atoms with E-state index in [-0.39, 0.29) is 0 Å². The molecule has 1 fully saturated rings. The summed E-state index contributed by atoms with van der Waals surface area (Å²) in [5.74, 6) is 0. The molecule has 0 aromatic carbocycles. The number of rotatable bonds is 2. The Balaban J connectivity index is 1.85. The summed E-state index contributed by atoms with van der Waals surface area (Å²) in [6, 6.07) is 4.65. The van der Waals surface area contributed by atoms with E-state index in [1.54, 1.807) is 0 Å². The SMILES string of the molecule is c1cc(NC2CCCNC2)c2cc[nH]c2n1. The predicted octanol–water partition coefficient (Wildman–Crippen LogP) is 1.73. The number of nitrogens with zero attached hydrogens (tertiary/aromatic N) is 1. The van der Waals surface area contributed by atoms with Gasteiger partial charge >= 0.3 is 0 Å². The second kappa shape index (κ2) is 4.14. The van der Waals surface area contributed by atoms with Crippen LogP contribution < -0.4 is 10.6 Å². The molecular weight excluding hydrogens is 200 g/mol. The Kier molecular flexibility index (Phi) is 2.50. The van der Waals surface area contributed by atoms with Crippen molar-refractivity contribution in [3.63, 3.8) is 0 Å². The number of pyridine rings is 1. The van der Waals surface area contributed by atoms with E-state index in [0.717, 1.165) is 18.7 Å². The van der Waals surface area contributed by atoms with Gasteiger partial charge in [-0.05, 0) is 31.5 Å². The lowest BCUT2D eigenvalue weighted by molar-refractivity contribution is 0.480. The first-order valence-corrected chi connectivity index (χ1v) is 5.83. The maximum atomic E-state index is 4.28. The Hall–Kier alpha value is -1.55. The van der Waals surface area contributed by atoms with Crippen LogP contribution in [0.25, 0.3) is 11.0 Å². The van der Waals surface area contributed by atoms with Crippen LogP contribution in [0, 0.1) is 0 Å². The number of anilines is 1. The first-order valence-electron chi connectivity index (χ1n) is 5.83. The lowest BCUT2D eigenvalue weighted by atomic mass is 10.1. The molecule has 1 atom stereocenters. The Bertz CT molecular complexity index is 471. The van der Waals surface area contributed by atoms with Gasteiger partial charge in [0.1, 0.15) is 5.65 Å².